The standard InChI is InChI=1S/C57H105N2O6P/c1-6-8-10-12-14-16-17-18-19-20-21-22-23-24-25-26-27-28-29-30-31-32-33-34-35-36-37-38-39-40-41-43-45-47-49-51-57(61)58-55(54-65-66(62,63)64-53-52-59(3,4)5)56(60)50-48-46-44-42-15-13-11-9-7-2/h7,9,15,17-18,20-21,23-24,42,48,50,55-56,60H,6,8,10-14,16,19,22,25-41,43-47,49,51-54H2,1-5H3,(H-,58,61,62,63)/b9-7+,18-17-,21-20-,24-23-,42-15+,50-48+. The highest BCUT2D eigenvalue weighted by Crippen LogP contribution is 2.38. The minimum Gasteiger partial charge on any atom is -0.756 e. The van der Waals surface area contributed by atoms with E-state index in [1.165, 1.54) is 154 Å². The molecule has 1 amide bonds. The number of rotatable bonds is 49. The van der Waals surface area contributed by atoms with Crippen molar-refractivity contribution in [2.45, 2.75) is 244 Å². The van der Waals surface area contributed by atoms with Gasteiger partial charge in [0.15, 0.2) is 0 Å². The number of nitrogens with zero attached hydrogens (tertiary/aromatic N) is 1. The Morgan fingerprint density at radius 3 is 1.41 bits per heavy atom. The van der Waals surface area contributed by atoms with Crippen molar-refractivity contribution >= 4 is 13.7 Å². The van der Waals surface area contributed by atoms with E-state index in [0.29, 0.717) is 17.4 Å². The van der Waals surface area contributed by atoms with E-state index in [1.54, 1.807) is 6.08 Å². The topological polar surface area (TPSA) is 108 Å². The Balaban J connectivity index is 3.92. The van der Waals surface area contributed by atoms with Crippen molar-refractivity contribution in [2.75, 3.05) is 40.9 Å². The van der Waals surface area contributed by atoms with Crippen LogP contribution in [0.4, 0.5) is 0 Å². The van der Waals surface area contributed by atoms with Crippen molar-refractivity contribution in [3.63, 3.8) is 0 Å². The molecule has 8 nitrogen and oxygen atoms in total. The van der Waals surface area contributed by atoms with E-state index >= 15 is 0 Å². The molecular formula is C57H105N2O6P. The molecule has 66 heavy (non-hydrogen) atoms. The minimum absolute atomic E-state index is 0.0107. The number of allylic oxidation sites excluding steroid dienone is 11. The molecule has 0 aliphatic heterocycles. The first-order chi connectivity index (χ1) is 32.0. The average molecular weight is 945 g/mol. The van der Waals surface area contributed by atoms with E-state index in [4.69, 9.17) is 9.05 Å². The van der Waals surface area contributed by atoms with Crippen LogP contribution in [0.5, 0.6) is 0 Å². The maximum absolute atomic E-state index is 12.9. The number of phosphoric ester groups is 1. The highest BCUT2D eigenvalue weighted by molar-refractivity contribution is 7.45. The monoisotopic (exact) mass is 945 g/mol. The van der Waals surface area contributed by atoms with Crippen LogP contribution in [0.25, 0.3) is 0 Å². The summed E-state index contributed by atoms with van der Waals surface area (Å²) in [5.74, 6) is -0.214. The fourth-order valence-corrected chi connectivity index (χ4v) is 8.39. The van der Waals surface area contributed by atoms with Gasteiger partial charge in [-0.05, 0) is 77.6 Å². The van der Waals surface area contributed by atoms with E-state index in [1.807, 2.05) is 40.2 Å². The lowest BCUT2D eigenvalue weighted by Crippen LogP contribution is -2.45. The number of amides is 1. The normalized spacial score (nSPS) is 14.6. The first-order valence-corrected chi connectivity index (χ1v) is 28.7. The maximum Gasteiger partial charge on any atom is 0.268 e. The molecule has 0 fully saturated rings. The molecular weight excluding hydrogens is 840 g/mol. The van der Waals surface area contributed by atoms with E-state index in [2.05, 4.69) is 66.9 Å². The Morgan fingerprint density at radius 2 is 0.955 bits per heavy atom. The summed E-state index contributed by atoms with van der Waals surface area (Å²) in [6.07, 6.45) is 66.0. The van der Waals surface area contributed by atoms with Gasteiger partial charge in [0.2, 0.25) is 5.91 Å². The zero-order valence-electron chi connectivity index (χ0n) is 43.6. The molecule has 0 aromatic carbocycles. The lowest BCUT2D eigenvalue weighted by atomic mass is 10.0. The van der Waals surface area contributed by atoms with Crippen LogP contribution in [0.2, 0.25) is 0 Å². The molecule has 3 unspecified atom stereocenters. The fourth-order valence-electron chi connectivity index (χ4n) is 7.67. The van der Waals surface area contributed by atoms with Gasteiger partial charge in [0, 0.05) is 6.42 Å². The highest BCUT2D eigenvalue weighted by atomic mass is 31.2. The Hall–Kier alpha value is -2.06. The molecule has 0 aromatic rings. The predicted octanol–water partition coefficient (Wildman–Crippen LogP) is 15.7. The van der Waals surface area contributed by atoms with Gasteiger partial charge in [0.1, 0.15) is 13.2 Å². The van der Waals surface area contributed by atoms with Crippen molar-refractivity contribution in [2.24, 2.45) is 0 Å². The quantitative estimate of drug-likeness (QED) is 0.0272. The third-order valence-corrected chi connectivity index (χ3v) is 12.9. The molecule has 0 saturated carbocycles. The number of hydrogen-bond donors (Lipinski definition) is 2. The zero-order valence-corrected chi connectivity index (χ0v) is 44.5. The van der Waals surface area contributed by atoms with Crippen LogP contribution < -0.4 is 10.2 Å². The van der Waals surface area contributed by atoms with E-state index < -0.39 is 26.6 Å². The summed E-state index contributed by atoms with van der Waals surface area (Å²) in [6, 6.07) is -0.909. The molecule has 0 aliphatic carbocycles. The third kappa shape index (κ3) is 49.8. The van der Waals surface area contributed by atoms with Gasteiger partial charge in [0.25, 0.3) is 7.82 Å². The molecule has 0 radical (unpaired) electrons. The van der Waals surface area contributed by atoms with Gasteiger partial charge in [-0.2, -0.15) is 0 Å². The highest BCUT2D eigenvalue weighted by Gasteiger charge is 2.23. The average Bonchev–Trinajstić information content (AvgIpc) is 3.28. The number of carbonyl (C=O) groups is 1. The van der Waals surface area contributed by atoms with Gasteiger partial charge >= 0.3 is 0 Å². The number of phosphoric acid groups is 1. The molecule has 384 valence electrons. The Bertz CT molecular complexity index is 1300. The summed E-state index contributed by atoms with van der Waals surface area (Å²) >= 11 is 0. The summed E-state index contributed by atoms with van der Waals surface area (Å²) in [6.45, 7) is 4.37. The molecule has 0 heterocycles. The number of likely N-dealkylation sites (N-methyl/N-ethyl adjacent to an activating group) is 1. The minimum atomic E-state index is -4.60. The van der Waals surface area contributed by atoms with Crippen molar-refractivity contribution in [3.05, 3.63) is 72.9 Å². The van der Waals surface area contributed by atoms with Crippen molar-refractivity contribution < 1.29 is 32.9 Å². The molecule has 2 N–H and O–H groups in total. The maximum atomic E-state index is 12.9. The number of quaternary nitrogens is 1. The number of nitrogens with one attached hydrogen (secondary N) is 1. The van der Waals surface area contributed by atoms with Crippen LogP contribution >= 0.6 is 7.82 Å². The molecule has 0 aromatic heterocycles. The number of unbranched alkanes of at least 4 members (excludes halogenated alkanes) is 27. The first kappa shape index (κ1) is 63.9. The molecule has 0 spiro atoms. The summed E-state index contributed by atoms with van der Waals surface area (Å²) in [4.78, 5) is 25.3. The van der Waals surface area contributed by atoms with Crippen LogP contribution in [0.1, 0.15) is 232 Å². The molecule has 0 aliphatic rings. The number of aliphatic hydroxyl groups is 1. The molecule has 0 saturated heterocycles. The Labute approximate surface area is 408 Å². The summed E-state index contributed by atoms with van der Waals surface area (Å²) < 4.78 is 23.2. The molecule has 9 heteroatoms. The molecule has 0 rings (SSSR count). The van der Waals surface area contributed by atoms with E-state index in [0.717, 1.165) is 57.8 Å². The Kier molecular flexibility index (Phi) is 46.5. The third-order valence-electron chi connectivity index (χ3n) is 12.0. The van der Waals surface area contributed by atoms with Crippen LogP contribution in [0.15, 0.2) is 72.9 Å². The van der Waals surface area contributed by atoms with Gasteiger partial charge < -0.3 is 28.8 Å². The Morgan fingerprint density at radius 1 is 0.561 bits per heavy atom. The SMILES string of the molecule is C/C=C/CC/C=C/CC/C=C/C(O)C(COP(=O)([O-])OCC[N+](C)(C)C)NC(=O)CCCCCCCCCCCCCCCCCCCCCC/C=C\C/C=C\C/C=C\CCCCCCC. The first-order valence-electron chi connectivity index (χ1n) is 27.3. The second kappa shape index (κ2) is 48.0. The molecule has 3 atom stereocenters. The van der Waals surface area contributed by atoms with E-state index in [9.17, 15) is 19.4 Å². The lowest BCUT2D eigenvalue weighted by Gasteiger charge is -2.29. The largest absolute Gasteiger partial charge is 0.756 e. The lowest BCUT2D eigenvalue weighted by molar-refractivity contribution is -0.870. The summed E-state index contributed by atoms with van der Waals surface area (Å²) in [5.41, 5.74) is 0. The smallest absolute Gasteiger partial charge is 0.268 e. The zero-order chi connectivity index (χ0) is 48.5. The van der Waals surface area contributed by atoms with Crippen molar-refractivity contribution in [1.29, 1.82) is 0 Å². The van der Waals surface area contributed by atoms with Gasteiger partial charge in [-0.3, -0.25) is 9.36 Å². The predicted molar refractivity (Wildman–Crippen MR) is 284 cm³/mol. The number of aliphatic hydroxyl groups excluding tert-OH is 1. The number of hydrogen-bond acceptors (Lipinski definition) is 6. The van der Waals surface area contributed by atoms with Crippen LogP contribution in [-0.2, 0) is 18.4 Å². The van der Waals surface area contributed by atoms with Crippen molar-refractivity contribution in [1.82, 2.24) is 5.32 Å². The van der Waals surface area contributed by atoms with Crippen LogP contribution in [0, 0.1) is 0 Å². The van der Waals surface area contributed by atoms with Crippen LogP contribution in [-0.4, -0.2) is 68.5 Å². The summed E-state index contributed by atoms with van der Waals surface area (Å²) in [7, 11) is 1.23. The van der Waals surface area contributed by atoms with Gasteiger partial charge in [-0.1, -0.05) is 221 Å². The number of carbonyl (C=O) groups excluding carboxylic acids is 1. The molecule has 0 bridgehead atoms. The second-order valence-corrected chi connectivity index (χ2v) is 21.0. The summed E-state index contributed by atoms with van der Waals surface area (Å²) in [5, 5.41) is 13.7. The van der Waals surface area contributed by atoms with Crippen LogP contribution in [0.3, 0.4) is 0 Å². The van der Waals surface area contributed by atoms with Crippen molar-refractivity contribution in [3.8, 4) is 0 Å². The van der Waals surface area contributed by atoms with Gasteiger partial charge in [0.05, 0.1) is 39.9 Å². The van der Waals surface area contributed by atoms with Gasteiger partial charge in [-0.25, -0.2) is 0 Å². The fraction of sp³-hybridized carbons (Fsp3) is 0.772. The van der Waals surface area contributed by atoms with Gasteiger partial charge in [-0.15, -0.1) is 0 Å². The second-order valence-electron chi connectivity index (χ2n) is 19.6. The van der Waals surface area contributed by atoms with E-state index in [-0.39, 0.29) is 12.5 Å².